The molecule has 1 saturated heterocycles. The molecule has 1 unspecified atom stereocenters. The Morgan fingerprint density at radius 3 is 2.50 bits per heavy atom. The molecule has 6 atom stereocenters. The van der Waals surface area contributed by atoms with E-state index >= 15 is 4.39 Å². The number of rotatable bonds is 7. The minimum atomic E-state index is -3.21. The van der Waals surface area contributed by atoms with Gasteiger partial charge in [0.2, 0.25) is 0 Å². The van der Waals surface area contributed by atoms with Gasteiger partial charge in [-0.05, 0) is 19.8 Å². The lowest BCUT2D eigenvalue weighted by Crippen LogP contribution is -2.43. The maximum absolute atomic E-state index is 15.1. The van der Waals surface area contributed by atoms with Gasteiger partial charge in [0.25, 0.3) is 13.1 Å². The Morgan fingerprint density at radius 2 is 2.00 bits per heavy atom. The molecule has 1 aliphatic heterocycles. The van der Waals surface area contributed by atoms with E-state index in [4.69, 9.17) is 18.8 Å². The van der Waals surface area contributed by atoms with E-state index in [2.05, 4.69) is 5.09 Å². The SMILES string of the molecule is CC(C)[C@H](C)NP(C)(=O)OC[C@H]1O[C@@H](n2ccc(=O)[nH]c2=O)[C@](C)(F)[C@H]1O.O=C=O. The summed E-state index contributed by atoms with van der Waals surface area (Å²) in [6.45, 7) is 7.94. The Labute approximate surface area is 172 Å². The van der Waals surface area contributed by atoms with E-state index in [-0.39, 0.29) is 24.7 Å². The zero-order valence-corrected chi connectivity index (χ0v) is 18.2. The standard InChI is InChI=1S/C16H27FN3O6P.CO2/c1-9(2)10(3)19-27(5,24)25-8-11-13(22)16(4,17)14(26-11)20-7-6-12(21)18-15(20)23;2-1-3/h6-7,9-11,13-14,22H,8H2,1-5H3,(H,19,24)(H,18,21,23);/t10-,11+,13-,14+,16+,27?;/m0./s1. The van der Waals surface area contributed by atoms with Crippen LogP contribution in [0.2, 0.25) is 0 Å². The minimum absolute atomic E-state index is 0.0748. The second-order valence-electron chi connectivity index (χ2n) is 7.53. The molecule has 0 saturated carbocycles. The molecule has 0 radical (unpaired) electrons. The van der Waals surface area contributed by atoms with Gasteiger partial charge in [0.15, 0.2) is 11.9 Å². The fourth-order valence-corrected chi connectivity index (χ4v) is 4.28. The lowest BCUT2D eigenvalue weighted by Gasteiger charge is -2.25. The van der Waals surface area contributed by atoms with Crippen molar-refractivity contribution < 1.29 is 32.9 Å². The molecule has 13 heteroatoms. The molecular weight excluding hydrogens is 424 g/mol. The summed E-state index contributed by atoms with van der Waals surface area (Å²) in [5.74, 6) is 0.223. The van der Waals surface area contributed by atoms with Crippen LogP contribution in [0, 0.1) is 5.92 Å². The number of hydrogen-bond donors (Lipinski definition) is 3. The number of nitrogens with zero attached hydrogens (tertiary/aromatic N) is 1. The highest BCUT2D eigenvalue weighted by Gasteiger charge is 2.55. The van der Waals surface area contributed by atoms with Crippen molar-refractivity contribution >= 4 is 13.7 Å². The van der Waals surface area contributed by atoms with Crippen LogP contribution in [0.25, 0.3) is 0 Å². The Balaban J connectivity index is 0.00000141. The quantitative estimate of drug-likeness (QED) is 0.500. The minimum Gasteiger partial charge on any atom is -0.387 e. The van der Waals surface area contributed by atoms with Crippen LogP contribution in [-0.4, -0.2) is 58.0 Å². The molecule has 0 spiro atoms. The number of aromatic nitrogens is 2. The second-order valence-corrected chi connectivity index (χ2v) is 9.74. The molecule has 30 heavy (non-hydrogen) atoms. The van der Waals surface area contributed by atoms with Crippen LogP contribution >= 0.6 is 7.52 Å². The Kier molecular flexibility index (Phi) is 9.04. The Bertz CT molecular complexity index is 909. The average Bonchev–Trinajstić information content (AvgIpc) is 2.84. The molecular formula is C17H27FN3O8P. The van der Waals surface area contributed by atoms with E-state index in [0.29, 0.717) is 0 Å². The van der Waals surface area contributed by atoms with Gasteiger partial charge in [-0.25, -0.2) is 14.3 Å². The molecule has 0 amide bonds. The van der Waals surface area contributed by atoms with Crippen molar-refractivity contribution in [3.63, 3.8) is 0 Å². The number of aromatic amines is 1. The zero-order valence-electron chi connectivity index (χ0n) is 17.3. The highest BCUT2D eigenvalue weighted by Crippen LogP contribution is 2.44. The van der Waals surface area contributed by atoms with Crippen molar-refractivity contribution in [3.8, 4) is 0 Å². The molecule has 170 valence electrons. The first-order chi connectivity index (χ1) is 13.8. The molecule has 1 aliphatic rings. The molecule has 0 bridgehead atoms. The maximum Gasteiger partial charge on any atom is 0.373 e. The van der Waals surface area contributed by atoms with E-state index < -0.39 is 42.9 Å². The average molecular weight is 451 g/mol. The van der Waals surface area contributed by atoms with Crippen molar-refractivity contribution in [2.45, 2.75) is 57.8 Å². The lowest BCUT2D eigenvalue weighted by atomic mass is 9.98. The van der Waals surface area contributed by atoms with E-state index in [0.717, 1.165) is 23.8 Å². The normalized spacial score (nSPS) is 28.9. The summed E-state index contributed by atoms with van der Waals surface area (Å²) in [6.07, 6.45) is -2.89. The van der Waals surface area contributed by atoms with Crippen molar-refractivity contribution in [2.24, 2.45) is 5.92 Å². The summed E-state index contributed by atoms with van der Waals surface area (Å²) in [6, 6.07) is 0.975. The van der Waals surface area contributed by atoms with Crippen LogP contribution < -0.4 is 16.3 Å². The van der Waals surface area contributed by atoms with Gasteiger partial charge in [-0.3, -0.25) is 18.9 Å². The number of alkyl halides is 1. The zero-order chi connectivity index (χ0) is 23.3. The third kappa shape index (κ3) is 6.53. The number of halogens is 1. The second kappa shape index (κ2) is 10.4. The van der Waals surface area contributed by atoms with Gasteiger partial charge < -0.3 is 14.4 Å². The number of aliphatic hydroxyl groups excluding tert-OH is 1. The Hall–Kier alpha value is -1.94. The number of aliphatic hydroxyl groups is 1. The maximum atomic E-state index is 15.1. The van der Waals surface area contributed by atoms with E-state index in [9.17, 15) is 19.3 Å². The van der Waals surface area contributed by atoms with E-state index in [1.54, 1.807) is 0 Å². The summed E-state index contributed by atoms with van der Waals surface area (Å²) in [7, 11) is -3.21. The fourth-order valence-electron chi connectivity index (χ4n) is 2.73. The van der Waals surface area contributed by atoms with Crippen molar-refractivity contribution in [1.29, 1.82) is 0 Å². The van der Waals surface area contributed by atoms with Crippen molar-refractivity contribution in [3.05, 3.63) is 33.1 Å². The van der Waals surface area contributed by atoms with E-state index in [1.807, 2.05) is 25.8 Å². The van der Waals surface area contributed by atoms with Gasteiger partial charge in [0, 0.05) is 25.0 Å². The first-order valence-electron chi connectivity index (χ1n) is 9.09. The number of carbonyl (C=O) groups excluding carboxylic acids is 2. The molecule has 2 heterocycles. The lowest BCUT2D eigenvalue weighted by molar-refractivity contribution is -0.191. The third-order valence-corrected chi connectivity index (χ3v) is 6.26. The largest absolute Gasteiger partial charge is 0.387 e. The van der Waals surface area contributed by atoms with Crippen LogP contribution in [0.5, 0.6) is 0 Å². The summed E-state index contributed by atoms with van der Waals surface area (Å²) in [5.41, 5.74) is -3.82. The van der Waals surface area contributed by atoms with Gasteiger partial charge in [0.1, 0.15) is 12.2 Å². The highest BCUT2D eigenvalue weighted by molar-refractivity contribution is 7.56. The first-order valence-corrected chi connectivity index (χ1v) is 11.2. The summed E-state index contributed by atoms with van der Waals surface area (Å²) in [5, 5.41) is 13.2. The molecule has 3 N–H and O–H groups in total. The third-order valence-electron chi connectivity index (χ3n) is 4.74. The molecule has 0 aliphatic carbocycles. The van der Waals surface area contributed by atoms with Gasteiger partial charge in [-0.15, -0.1) is 0 Å². The predicted octanol–water partition coefficient (Wildman–Crippen LogP) is 0.413. The van der Waals surface area contributed by atoms with Gasteiger partial charge >= 0.3 is 11.8 Å². The number of nitrogens with one attached hydrogen (secondary N) is 2. The first kappa shape index (κ1) is 26.1. The van der Waals surface area contributed by atoms with Crippen LogP contribution in [0.15, 0.2) is 21.9 Å². The Morgan fingerprint density at radius 1 is 1.43 bits per heavy atom. The van der Waals surface area contributed by atoms with Crippen LogP contribution in [0.4, 0.5) is 4.39 Å². The topological polar surface area (TPSA) is 157 Å². The van der Waals surface area contributed by atoms with E-state index in [1.165, 1.54) is 6.66 Å². The van der Waals surface area contributed by atoms with Crippen LogP contribution in [-0.2, 0) is 23.4 Å². The summed E-state index contributed by atoms with van der Waals surface area (Å²) < 4.78 is 39.3. The predicted molar refractivity (Wildman–Crippen MR) is 103 cm³/mol. The highest BCUT2D eigenvalue weighted by atomic mass is 31.2. The smallest absolute Gasteiger partial charge is 0.373 e. The fraction of sp³-hybridized carbons (Fsp3) is 0.706. The van der Waals surface area contributed by atoms with Crippen LogP contribution in [0.3, 0.4) is 0 Å². The number of H-pyrrole nitrogens is 1. The summed E-state index contributed by atoms with van der Waals surface area (Å²) in [4.78, 5) is 41.4. The van der Waals surface area contributed by atoms with Gasteiger partial charge in [-0.2, -0.15) is 9.59 Å². The van der Waals surface area contributed by atoms with Crippen molar-refractivity contribution in [2.75, 3.05) is 13.3 Å². The van der Waals surface area contributed by atoms with Crippen molar-refractivity contribution in [1.82, 2.24) is 14.6 Å². The molecule has 1 aromatic rings. The van der Waals surface area contributed by atoms with Gasteiger partial charge in [-0.1, -0.05) is 13.8 Å². The molecule has 2 rings (SSSR count). The molecule has 1 fully saturated rings. The van der Waals surface area contributed by atoms with Crippen LogP contribution in [0.1, 0.15) is 33.9 Å². The number of ether oxygens (including phenoxy) is 1. The molecule has 0 aromatic carbocycles. The molecule has 1 aromatic heterocycles. The monoisotopic (exact) mass is 451 g/mol. The van der Waals surface area contributed by atoms with Gasteiger partial charge in [0.05, 0.1) is 6.61 Å². The number of hydrogen-bond acceptors (Lipinski definition) is 8. The summed E-state index contributed by atoms with van der Waals surface area (Å²) >= 11 is 0. The molecule has 11 nitrogen and oxygen atoms in total.